The zero-order valence-corrected chi connectivity index (χ0v) is 9.30. The van der Waals surface area contributed by atoms with Gasteiger partial charge in [-0.1, -0.05) is 0 Å². The van der Waals surface area contributed by atoms with Gasteiger partial charge in [0.25, 0.3) is 0 Å². The third-order valence-electron chi connectivity index (χ3n) is 3.13. The number of rotatable bonds is 5. The standard InChI is InChI=1S/C10H17N5O/c1-2-9(16-5-1)7-15-10(12-13-14-15)6-11-8-3-4-8/h8-9,11H,1-7H2. The Balaban J connectivity index is 1.57. The molecule has 1 saturated carbocycles. The molecule has 6 nitrogen and oxygen atoms in total. The van der Waals surface area contributed by atoms with E-state index >= 15 is 0 Å². The van der Waals surface area contributed by atoms with Crippen molar-refractivity contribution in [3.63, 3.8) is 0 Å². The van der Waals surface area contributed by atoms with Crippen molar-refractivity contribution in [2.24, 2.45) is 0 Å². The van der Waals surface area contributed by atoms with Crippen molar-refractivity contribution < 1.29 is 4.74 Å². The Bertz CT molecular complexity index is 343. The summed E-state index contributed by atoms with van der Waals surface area (Å²) in [6.45, 7) is 2.43. The van der Waals surface area contributed by atoms with Crippen LogP contribution in [0.2, 0.25) is 0 Å². The van der Waals surface area contributed by atoms with Crippen molar-refractivity contribution in [2.45, 2.75) is 50.9 Å². The first-order valence-electron chi connectivity index (χ1n) is 6.02. The number of hydrogen-bond donors (Lipinski definition) is 1. The molecule has 0 amide bonds. The third kappa shape index (κ3) is 2.38. The zero-order valence-electron chi connectivity index (χ0n) is 9.30. The highest BCUT2D eigenvalue weighted by molar-refractivity contribution is 4.87. The summed E-state index contributed by atoms with van der Waals surface area (Å²) < 4.78 is 7.45. The Hall–Kier alpha value is -1.01. The fourth-order valence-electron chi connectivity index (χ4n) is 2.00. The van der Waals surface area contributed by atoms with Gasteiger partial charge in [-0.15, -0.1) is 5.10 Å². The van der Waals surface area contributed by atoms with Gasteiger partial charge < -0.3 is 10.1 Å². The molecule has 1 saturated heterocycles. The Morgan fingerprint density at radius 3 is 3.06 bits per heavy atom. The maximum absolute atomic E-state index is 5.58. The molecule has 1 aliphatic carbocycles. The van der Waals surface area contributed by atoms with Gasteiger partial charge in [0.15, 0.2) is 5.82 Å². The van der Waals surface area contributed by atoms with Gasteiger partial charge in [0.1, 0.15) is 0 Å². The Labute approximate surface area is 94.4 Å². The van der Waals surface area contributed by atoms with Gasteiger partial charge in [0, 0.05) is 12.6 Å². The molecule has 1 atom stereocenters. The van der Waals surface area contributed by atoms with Crippen LogP contribution in [0.4, 0.5) is 0 Å². The van der Waals surface area contributed by atoms with Gasteiger partial charge in [-0.2, -0.15) is 0 Å². The van der Waals surface area contributed by atoms with Crippen molar-refractivity contribution in [1.29, 1.82) is 0 Å². The molecule has 2 heterocycles. The van der Waals surface area contributed by atoms with E-state index in [0.29, 0.717) is 12.1 Å². The number of tetrazole rings is 1. The predicted octanol–water partition coefficient (Wildman–Crippen LogP) is 0.104. The molecule has 2 aliphatic rings. The van der Waals surface area contributed by atoms with E-state index in [4.69, 9.17) is 4.74 Å². The van der Waals surface area contributed by atoms with Gasteiger partial charge in [0.05, 0.1) is 19.2 Å². The number of hydrogen-bond acceptors (Lipinski definition) is 5. The van der Waals surface area contributed by atoms with Gasteiger partial charge in [0.2, 0.25) is 0 Å². The summed E-state index contributed by atoms with van der Waals surface area (Å²) in [5.74, 6) is 0.919. The molecule has 0 radical (unpaired) electrons. The highest BCUT2D eigenvalue weighted by Gasteiger charge is 2.22. The molecule has 6 heteroatoms. The number of ether oxygens (including phenoxy) is 1. The maximum atomic E-state index is 5.58. The van der Waals surface area contributed by atoms with Crippen LogP contribution in [0.15, 0.2) is 0 Å². The first kappa shape index (κ1) is 10.2. The molecule has 1 unspecified atom stereocenters. The molecule has 1 aromatic heterocycles. The van der Waals surface area contributed by atoms with E-state index < -0.39 is 0 Å². The number of nitrogens with zero attached hydrogens (tertiary/aromatic N) is 4. The second-order valence-corrected chi connectivity index (χ2v) is 4.57. The van der Waals surface area contributed by atoms with Crippen molar-refractivity contribution in [2.75, 3.05) is 6.61 Å². The minimum atomic E-state index is 0.295. The Kier molecular flexibility index (Phi) is 2.84. The van der Waals surface area contributed by atoms with Crippen molar-refractivity contribution in [3.8, 4) is 0 Å². The molecule has 0 bridgehead atoms. The summed E-state index contributed by atoms with van der Waals surface area (Å²) in [6.07, 6.45) is 5.14. The van der Waals surface area contributed by atoms with E-state index in [9.17, 15) is 0 Å². The predicted molar refractivity (Wildman–Crippen MR) is 56.7 cm³/mol. The first-order valence-corrected chi connectivity index (χ1v) is 6.02. The van der Waals surface area contributed by atoms with Gasteiger partial charge in [-0.3, -0.25) is 0 Å². The van der Waals surface area contributed by atoms with Crippen molar-refractivity contribution >= 4 is 0 Å². The van der Waals surface area contributed by atoms with Gasteiger partial charge >= 0.3 is 0 Å². The smallest absolute Gasteiger partial charge is 0.165 e. The summed E-state index contributed by atoms with van der Waals surface area (Å²) in [4.78, 5) is 0. The van der Waals surface area contributed by atoms with Gasteiger partial charge in [-0.05, 0) is 36.1 Å². The molecule has 0 spiro atoms. The van der Waals surface area contributed by atoms with Gasteiger partial charge in [-0.25, -0.2) is 4.68 Å². The quantitative estimate of drug-likeness (QED) is 0.767. The van der Waals surface area contributed by atoms with Crippen LogP contribution in [-0.4, -0.2) is 39.0 Å². The van der Waals surface area contributed by atoms with Crippen molar-refractivity contribution in [3.05, 3.63) is 5.82 Å². The fraction of sp³-hybridized carbons (Fsp3) is 0.900. The van der Waals surface area contributed by atoms with Crippen LogP contribution >= 0.6 is 0 Å². The van der Waals surface area contributed by atoms with E-state index in [1.165, 1.54) is 12.8 Å². The number of nitrogens with one attached hydrogen (secondary N) is 1. The van der Waals surface area contributed by atoms with Crippen LogP contribution in [0.1, 0.15) is 31.5 Å². The summed E-state index contributed by atoms with van der Waals surface area (Å²) in [5.41, 5.74) is 0. The second-order valence-electron chi connectivity index (χ2n) is 4.57. The molecule has 1 N–H and O–H groups in total. The highest BCUT2D eigenvalue weighted by Crippen LogP contribution is 2.19. The fourth-order valence-corrected chi connectivity index (χ4v) is 2.00. The topological polar surface area (TPSA) is 64.9 Å². The van der Waals surface area contributed by atoms with Crippen molar-refractivity contribution in [1.82, 2.24) is 25.5 Å². The molecule has 3 rings (SSSR count). The van der Waals surface area contributed by atoms with Crippen LogP contribution < -0.4 is 5.32 Å². The van der Waals surface area contributed by atoms with Crippen LogP contribution in [0, 0.1) is 0 Å². The molecule has 0 aromatic carbocycles. The lowest BCUT2D eigenvalue weighted by molar-refractivity contribution is 0.0925. The van der Waals surface area contributed by atoms with E-state index in [-0.39, 0.29) is 0 Å². The molecule has 1 aromatic rings. The van der Waals surface area contributed by atoms with Crippen LogP contribution in [0.5, 0.6) is 0 Å². The summed E-state index contributed by atoms with van der Waals surface area (Å²) in [7, 11) is 0. The van der Waals surface area contributed by atoms with E-state index in [1.807, 2.05) is 4.68 Å². The van der Waals surface area contributed by atoms with E-state index in [0.717, 1.165) is 38.4 Å². The molecule has 16 heavy (non-hydrogen) atoms. The maximum Gasteiger partial charge on any atom is 0.165 e. The number of aromatic nitrogens is 4. The molecular weight excluding hydrogens is 206 g/mol. The lowest BCUT2D eigenvalue weighted by Gasteiger charge is -2.10. The Morgan fingerprint density at radius 2 is 2.31 bits per heavy atom. The summed E-state index contributed by atoms with van der Waals surface area (Å²) in [6, 6.07) is 0.688. The third-order valence-corrected chi connectivity index (χ3v) is 3.13. The molecule has 1 aliphatic heterocycles. The molecular formula is C10H17N5O. The summed E-state index contributed by atoms with van der Waals surface area (Å²) >= 11 is 0. The minimum absolute atomic E-state index is 0.295. The lowest BCUT2D eigenvalue weighted by Crippen LogP contribution is -2.23. The van der Waals surface area contributed by atoms with Crippen LogP contribution in [-0.2, 0) is 17.8 Å². The van der Waals surface area contributed by atoms with E-state index in [1.54, 1.807) is 0 Å². The normalized spacial score (nSPS) is 25.1. The Morgan fingerprint density at radius 1 is 1.38 bits per heavy atom. The SMILES string of the molecule is C1COC(Cn2nnnc2CNC2CC2)C1. The van der Waals surface area contributed by atoms with Crippen LogP contribution in [0.3, 0.4) is 0 Å². The zero-order chi connectivity index (χ0) is 10.8. The molecule has 2 fully saturated rings. The summed E-state index contributed by atoms with van der Waals surface area (Å²) in [5, 5.41) is 15.2. The average Bonchev–Trinajstić information content (AvgIpc) is 2.79. The lowest BCUT2D eigenvalue weighted by atomic mass is 10.2. The average molecular weight is 223 g/mol. The monoisotopic (exact) mass is 223 g/mol. The second kappa shape index (κ2) is 4.47. The minimum Gasteiger partial charge on any atom is -0.376 e. The molecule has 88 valence electrons. The van der Waals surface area contributed by atoms with E-state index in [2.05, 4.69) is 20.8 Å². The first-order chi connectivity index (χ1) is 7.92. The largest absolute Gasteiger partial charge is 0.376 e. The highest BCUT2D eigenvalue weighted by atomic mass is 16.5. The van der Waals surface area contributed by atoms with Crippen LogP contribution in [0.25, 0.3) is 0 Å².